The molecule has 0 fully saturated rings. The monoisotopic (exact) mass is 442 g/mol. The lowest BCUT2D eigenvalue weighted by atomic mass is 10.1. The summed E-state index contributed by atoms with van der Waals surface area (Å²) in [7, 11) is 0. The molecule has 29 heavy (non-hydrogen) atoms. The molecule has 0 aliphatic heterocycles. The number of hydrogen-bond donors (Lipinski definition) is 5. The van der Waals surface area contributed by atoms with E-state index in [2.05, 4.69) is 15.3 Å². The van der Waals surface area contributed by atoms with Crippen LogP contribution in [0.4, 0.5) is 8.78 Å². The Morgan fingerprint density at radius 1 is 1.28 bits per heavy atom. The highest BCUT2D eigenvalue weighted by molar-refractivity contribution is 7.11. The Hall–Kier alpha value is -2.37. The van der Waals surface area contributed by atoms with E-state index in [1.165, 1.54) is 12.1 Å². The molecule has 7 nitrogen and oxygen atoms in total. The van der Waals surface area contributed by atoms with Crippen molar-refractivity contribution in [2.45, 2.75) is 19.3 Å². The van der Waals surface area contributed by atoms with Gasteiger partial charge in [-0.15, -0.1) is 11.3 Å². The Morgan fingerprint density at radius 2 is 1.97 bits per heavy atom. The fourth-order valence-corrected chi connectivity index (χ4v) is 3.77. The van der Waals surface area contributed by atoms with Crippen molar-refractivity contribution in [2.24, 2.45) is 5.73 Å². The number of aliphatic hydroxyl groups excluding tert-OH is 2. The Labute approximate surface area is 173 Å². The van der Waals surface area contributed by atoms with Crippen molar-refractivity contribution in [1.29, 1.82) is 0 Å². The summed E-state index contributed by atoms with van der Waals surface area (Å²) in [6, 6.07) is 4.44. The van der Waals surface area contributed by atoms with Crippen molar-refractivity contribution < 1.29 is 23.8 Å². The Morgan fingerprint density at radius 3 is 2.52 bits per heavy atom. The average Bonchev–Trinajstić information content (AvgIpc) is 3.36. The van der Waals surface area contributed by atoms with Gasteiger partial charge < -0.3 is 26.2 Å². The lowest BCUT2D eigenvalue weighted by Crippen LogP contribution is -2.33. The number of rotatable bonds is 7. The zero-order valence-electron chi connectivity index (χ0n) is 14.9. The van der Waals surface area contributed by atoms with Gasteiger partial charge in [-0.25, -0.2) is 13.8 Å². The normalized spacial score (nSPS) is 12.2. The third-order valence-corrected chi connectivity index (χ3v) is 5.71. The van der Waals surface area contributed by atoms with E-state index < -0.39 is 28.6 Å². The van der Waals surface area contributed by atoms with E-state index in [0.29, 0.717) is 21.3 Å². The van der Waals surface area contributed by atoms with Gasteiger partial charge in [0.15, 0.2) is 0 Å². The molecule has 2 aromatic heterocycles. The summed E-state index contributed by atoms with van der Waals surface area (Å²) in [5.41, 5.74) is 6.74. The highest BCUT2D eigenvalue weighted by Gasteiger charge is 2.21. The van der Waals surface area contributed by atoms with Crippen LogP contribution in [0.25, 0.3) is 11.3 Å². The van der Waals surface area contributed by atoms with Gasteiger partial charge in [0.2, 0.25) is 0 Å². The molecule has 1 aromatic carbocycles. The molecule has 154 valence electrons. The zero-order chi connectivity index (χ0) is 21.1. The number of aromatic nitrogens is 2. The molecule has 0 aliphatic carbocycles. The van der Waals surface area contributed by atoms with Gasteiger partial charge in [0.05, 0.1) is 29.8 Å². The van der Waals surface area contributed by atoms with E-state index >= 15 is 0 Å². The average molecular weight is 443 g/mol. The highest BCUT2D eigenvalue weighted by Crippen LogP contribution is 2.27. The van der Waals surface area contributed by atoms with Crippen LogP contribution in [-0.2, 0) is 13.2 Å². The number of aromatic amines is 1. The van der Waals surface area contributed by atoms with Gasteiger partial charge in [0, 0.05) is 17.8 Å². The first-order chi connectivity index (χ1) is 13.9. The van der Waals surface area contributed by atoms with Gasteiger partial charge in [0.25, 0.3) is 5.91 Å². The SMILES string of the molecule is NC[C@H](NC(=O)c1ccc(-c2cc(F)c(Cl)c(F)c2)[nH]1)c1nc(CO)c(CO)s1. The smallest absolute Gasteiger partial charge is 0.268 e. The maximum absolute atomic E-state index is 13.7. The van der Waals surface area contributed by atoms with Crippen LogP contribution in [0, 0.1) is 11.6 Å². The standard InChI is InChI=1S/C18H17ClF2N4O3S/c19-16-9(20)3-8(4-10(16)21)11-1-2-12(23-11)17(28)24-13(5-22)18-25-14(6-26)15(7-27)29-18/h1-4,13,23,26-27H,5-7,22H2,(H,24,28)/t13-/m0/s1. The first-order valence-corrected chi connectivity index (χ1v) is 9.62. The molecule has 0 unspecified atom stereocenters. The lowest BCUT2D eigenvalue weighted by Gasteiger charge is -2.13. The summed E-state index contributed by atoms with van der Waals surface area (Å²) < 4.78 is 27.3. The first-order valence-electron chi connectivity index (χ1n) is 8.43. The van der Waals surface area contributed by atoms with E-state index in [9.17, 15) is 23.8 Å². The number of carbonyl (C=O) groups excluding carboxylic acids is 1. The van der Waals surface area contributed by atoms with Crippen LogP contribution in [0.3, 0.4) is 0 Å². The minimum absolute atomic E-state index is 0.0379. The summed E-state index contributed by atoms with van der Waals surface area (Å²) in [6.45, 7) is -0.588. The quantitative estimate of drug-likeness (QED) is 0.359. The van der Waals surface area contributed by atoms with Crippen molar-refractivity contribution in [3.63, 3.8) is 0 Å². The lowest BCUT2D eigenvalue weighted by molar-refractivity contribution is 0.0933. The predicted octanol–water partition coefficient (Wildman–Crippen LogP) is 2.48. The molecule has 1 atom stereocenters. The third-order valence-electron chi connectivity index (χ3n) is 4.15. The fourth-order valence-electron chi connectivity index (χ4n) is 2.66. The number of H-pyrrole nitrogens is 1. The van der Waals surface area contributed by atoms with Gasteiger partial charge >= 0.3 is 0 Å². The number of nitrogens with two attached hydrogens (primary N) is 1. The number of amides is 1. The van der Waals surface area contributed by atoms with E-state index in [4.69, 9.17) is 17.3 Å². The molecule has 0 saturated carbocycles. The first kappa shape index (κ1) is 21.3. The minimum atomic E-state index is -0.909. The maximum Gasteiger partial charge on any atom is 0.268 e. The number of carbonyl (C=O) groups is 1. The van der Waals surface area contributed by atoms with Crippen LogP contribution in [0.1, 0.15) is 32.1 Å². The summed E-state index contributed by atoms with van der Waals surface area (Å²) >= 11 is 6.62. The Kier molecular flexibility index (Phi) is 6.60. The number of halogens is 3. The summed E-state index contributed by atoms with van der Waals surface area (Å²) in [5.74, 6) is -2.32. The number of nitrogens with one attached hydrogen (secondary N) is 2. The third kappa shape index (κ3) is 4.46. The molecular weight excluding hydrogens is 426 g/mol. The molecule has 6 N–H and O–H groups in total. The van der Waals surface area contributed by atoms with Crippen molar-refractivity contribution in [1.82, 2.24) is 15.3 Å². The molecular formula is C18H17ClF2N4O3S. The van der Waals surface area contributed by atoms with Crippen molar-refractivity contribution in [3.8, 4) is 11.3 Å². The summed E-state index contributed by atoms with van der Waals surface area (Å²) in [6.07, 6.45) is 0. The molecule has 0 saturated heterocycles. The molecule has 0 aliphatic rings. The van der Waals surface area contributed by atoms with Gasteiger partial charge in [-0.3, -0.25) is 4.79 Å². The van der Waals surface area contributed by atoms with Crippen molar-refractivity contribution >= 4 is 28.8 Å². The Bertz CT molecular complexity index is 996. The number of hydrogen-bond acceptors (Lipinski definition) is 6. The van der Waals surface area contributed by atoms with E-state index in [1.807, 2.05) is 0 Å². The minimum Gasteiger partial charge on any atom is -0.391 e. The number of nitrogens with zero attached hydrogens (tertiary/aromatic N) is 1. The molecule has 0 radical (unpaired) electrons. The summed E-state index contributed by atoms with van der Waals surface area (Å²) in [5, 5.41) is 21.2. The number of thiazole rings is 1. The molecule has 3 aromatic rings. The molecule has 0 spiro atoms. The molecule has 0 bridgehead atoms. The van der Waals surface area contributed by atoms with Crippen LogP contribution in [0.15, 0.2) is 24.3 Å². The largest absolute Gasteiger partial charge is 0.391 e. The molecule has 3 rings (SSSR count). The van der Waals surface area contributed by atoms with Crippen molar-refractivity contribution in [3.05, 3.63) is 62.2 Å². The Balaban J connectivity index is 1.80. The van der Waals surface area contributed by atoms with Crippen LogP contribution in [0.5, 0.6) is 0 Å². The zero-order valence-corrected chi connectivity index (χ0v) is 16.4. The van der Waals surface area contributed by atoms with Gasteiger partial charge in [-0.2, -0.15) is 0 Å². The van der Waals surface area contributed by atoms with E-state index in [-0.39, 0.29) is 31.0 Å². The van der Waals surface area contributed by atoms with Crippen LogP contribution >= 0.6 is 22.9 Å². The predicted molar refractivity (Wildman–Crippen MR) is 104 cm³/mol. The molecule has 11 heteroatoms. The van der Waals surface area contributed by atoms with Crippen molar-refractivity contribution in [2.75, 3.05) is 6.54 Å². The second kappa shape index (κ2) is 8.97. The maximum atomic E-state index is 13.7. The molecule has 1 amide bonds. The van der Waals surface area contributed by atoms with E-state index in [1.54, 1.807) is 0 Å². The highest BCUT2D eigenvalue weighted by atomic mass is 35.5. The molecule has 2 heterocycles. The topological polar surface area (TPSA) is 124 Å². The van der Waals surface area contributed by atoms with E-state index in [0.717, 1.165) is 23.5 Å². The van der Waals surface area contributed by atoms with Gasteiger partial charge in [-0.05, 0) is 24.3 Å². The van der Waals surface area contributed by atoms with Gasteiger partial charge in [-0.1, -0.05) is 11.6 Å². The van der Waals surface area contributed by atoms with Gasteiger partial charge in [0.1, 0.15) is 27.4 Å². The van der Waals surface area contributed by atoms with Crippen LogP contribution in [0.2, 0.25) is 5.02 Å². The number of benzene rings is 1. The second-order valence-electron chi connectivity index (χ2n) is 6.04. The fraction of sp³-hybridized carbons (Fsp3) is 0.222. The van der Waals surface area contributed by atoms with Crippen LogP contribution < -0.4 is 11.1 Å². The number of aliphatic hydroxyl groups is 2. The van der Waals surface area contributed by atoms with Crippen LogP contribution in [-0.4, -0.2) is 32.6 Å². The second-order valence-corrected chi connectivity index (χ2v) is 7.53. The summed E-state index contributed by atoms with van der Waals surface area (Å²) in [4.78, 5) is 20.1.